The standard InChI is InChI=1S/C17H23N3O2/c1-2-3-8-18-16(21)14-4-5-15(19-11-14)20-9-6-17(7-10-20)12-22-13-17/h2-5,11H,6-10,12-13H2,1H3,(H,18,21)/b3-2+. The van der Waals surface area contributed by atoms with Crippen LogP contribution in [0, 0.1) is 5.41 Å². The van der Waals surface area contributed by atoms with E-state index in [1.54, 1.807) is 6.20 Å². The van der Waals surface area contributed by atoms with E-state index in [2.05, 4.69) is 15.2 Å². The minimum Gasteiger partial charge on any atom is -0.380 e. The normalized spacial score (nSPS) is 20.1. The number of nitrogens with zero attached hydrogens (tertiary/aromatic N) is 2. The quantitative estimate of drug-likeness (QED) is 0.864. The summed E-state index contributed by atoms with van der Waals surface area (Å²) >= 11 is 0. The molecule has 2 saturated heterocycles. The first-order valence-electron chi connectivity index (χ1n) is 7.91. The van der Waals surface area contributed by atoms with E-state index in [-0.39, 0.29) is 5.91 Å². The summed E-state index contributed by atoms with van der Waals surface area (Å²) in [7, 11) is 0. The molecular weight excluding hydrogens is 278 g/mol. The van der Waals surface area contributed by atoms with Crippen molar-refractivity contribution in [3.63, 3.8) is 0 Å². The second kappa shape index (κ2) is 6.48. The largest absolute Gasteiger partial charge is 0.380 e. The molecule has 2 aliphatic rings. The fraction of sp³-hybridized carbons (Fsp3) is 0.529. The first kappa shape index (κ1) is 15.0. The van der Waals surface area contributed by atoms with Crippen LogP contribution in [0.5, 0.6) is 0 Å². The lowest BCUT2D eigenvalue weighted by Crippen LogP contribution is -2.51. The highest BCUT2D eigenvalue weighted by Crippen LogP contribution is 2.39. The van der Waals surface area contributed by atoms with Crippen LogP contribution in [-0.4, -0.2) is 43.7 Å². The third-order valence-electron chi connectivity index (χ3n) is 4.59. The van der Waals surface area contributed by atoms with E-state index in [0.717, 1.165) is 32.1 Å². The number of ether oxygens (including phenoxy) is 1. The number of hydrogen-bond donors (Lipinski definition) is 1. The predicted molar refractivity (Wildman–Crippen MR) is 86.1 cm³/mol. The molecule has 1 aromatic heterocycles. The summed E-state index contributed by atoms with van der Waals surface area (Å²) < 4.78 is 5.36. The molecular formula is C17H23N3O2. The highest BCUT2D eigenvalue weighted by atomic mass is 16.5. The Kier molecular flexibility index (Phi) is 4.43. The maximum absolute atomic E-state index is 11.9. The van der Waals surface area contributed by atoms with E-state index in [0.29, 0.717) is 17.5 Å². The number of pyridine rings is 1. The summed E-state index contributed by atoms with van der Waals surface area (Å²) in [4.78, 5) is 18.7. The van der Waals surface area contributed by atoms with Crippen molar-refractivity contribution in [2.75, 3.05) is 37.7 Å². The van der Waals surface area contributed by atoms with Gasteiger partial charge in [0.05, 0.1) is 18.8 Å². The van der Waals surface area contributed by atoms with Gasteiger partial charge in [-0.2, -0.15) is 0 Å². The Morgan fingerprint density at radius 3 is 2.73 bits per heavy atom. The Morgan fingerprint density at radius 2 is 2.18 bits per heavy atom. The molecule has 2 aliphatic heterocycles. The molecule has 1 aromatic rings. The third-order valence-corrected chi connectivity index (χ3v) is 4.59. The summed E-state index contributed by atoms with van der Waals surface area (Å²) in [6, 6.07) is 3.80. The number of anilines is 1. The molecule has 0 bridgehead atoms. The average Bonchev–Trinajstić information content (AvgIpc) is 2.54. The van der Waals surface area contributed by atoms with Crippen LogP contribution in [0.15, 0.2) is 30.5 Å². The Labute approximate surface area is 131 Å². The highest BCUT2D eigenvalue weighted by molar-refractivity contribution is 5.94. The number of rotatable bonds is 4. The van der Waals surface area contributed by atoms with Gasteiger partial charge in [-0.3, -0.25) is 4.79 Å². The smallest absolute Gasteiger partial charge is 0.253 e. The van der Waals surface area contributed by atoms with Crippen LogP contribution in [0.3, 0.4) is 0 Å². The van der Waals surface area contributed by atoms with E-state index >= 15 is 0 Å². The minimum absolute atomic E-state index is 0.0821. The number of carbonyl (C=O) groups excluding carboxylic acids is 1. The van der Waals surface area contributed by atoms with E-state index in [9.17, 15) is 4.79 Å². The van der Waals surface area contributed by atoms with Crippen LogP contribution in [0.4, 0.5) is 5.82 Å². The van der Waals surface area contributed by atoms with Gasteiger partial charge in [0, 0.05) is 31.2 Å². The van der Waals surface area contributed by atoms with Gasteiger partial charge in [-0.25, -0.2) is 4.98 Å². The number of aromatic nitrogens is 1. The van der Waals surface area contributed by atoms with E-state index in [4.69, 9.17) is 4.74 Å². The minimum atomic E-state index is -0.0821. The molecule has 0 saturated carbocycles. The summed E-state index contributed by atoms with van der Waals surface area (Å²) in [6.45, 7) is 6.35. The molecule has 1 spiro atoms. The second-order valence-electron chi connectivity index (χ2n) is 6.16. The molecule has 2 fully saturated rings. The average molecular weight is 301 g/mol. The Morgan fingerprint density at radius 1 is 1.41 bits per heavy atom. The van der Waals surface area contributed by atoms with E-state index in [1.165, 1.54) is 12.8 Å². The molecule has 0 aliphatic carbocycles. The van der Waals surface area contributed by atoms with Gasteiger partial charge in [0.2, 0.25) is 0 Å². The Hall–Kier alpha value is -1.88. The lowest BCUT2D eigenvalue weighted by molar-refractivity contribution is -0.124. The lowest BCUT2D eigenvalue weighted by atomic mass is 9.77. The summed E-state index contributed by atoms with van der Waals surface area (Å²) in [5, 5.41) is 2.83. The zero-order chi connectivity index (χ0) is 15.4. The van der Waals surface area contributed by atoms with Gasteiger partial charge < -0.3 is 15.0 Å². The van der Waals surface area contributed by atoms with Crippen molar-refractivity contribution in [3.8, 4) is 0 Å². The summed E-state index contributed by atoms with van der Waals surface area (Å²) in [6.07, 6.45) is 7.82. The van der Waals surface area contributed by atoms with Gasteiger partial charge >= 0.3 is 0 Å². The third kappa shape index (κ3) is 3.14. The van der Waals surface area contributed by atoms with Crippen molar-refractivity contribution in [2.24, 2.45) is 5.41 Å². The summed E-state index contributed by atoms with van der Waals surface area (Å²) in [5.41, 5.74) is 1.04. The van der Waals surface area contributed by atoms with Crippen molar-refractivity contribution in [1.29, 1.82) is 0 Å². The zero-order valence-corrected chi connectivity index (χ0v) is 13.0. The lowest BCUT2D eigenvalue weighted by Gasteiger charge is -2.47. The topological polar surface area (TPSA) is 54.5 Å². The molecule has 0 atom stereocenters. The molecule has 0 aromatic carbocycles. The number of hydrogen-bond acceptors (Lipinski definition) is 4. The molecule has 118 valence electrons. The van der Waals surface area contributed by atoms with Gasteiger partial charge in [-0.15, -0.1) is 0 Å². The maximum atomic E-state index is 11.9. The van der Waals surface area contributed by atoms with Gasteiger partial charge in [0.1, 0.15) is 5.82 Å². The number of piperidine rings is 1. The van der Waals surface area contributed by atoms with E-state index in [1.807, 2.05) is 31.2 Å². The van der Waals surface area contributed by atoms with Crippen LogP contribution in [0.1, 0.15) is 30.1 Å². The van der Waals surface area contributed by atoms with Crippen molar-refractivity contribution in [1.82, 2.24) is 10.3 Å². The van der Waals surface area contributed by atoms with Crippen LogP contribution >= 0.6 is 0 Å². The maximum Gasteiger partial charge on any atom is 0.253 e. The number of nitrogens with one attached hydrogen (secondary N) is 1. The molecule has 0 radical (unpaired) electrons. The van der Waals surface area contributed by atoms with Gasteiger partial charge in [0.15, 0.2) is 0 Å². The van der Waals surface area contributed by atoms with Crippen molar-refractivity contribution in [3.05, 3.63) is 36.0 Å². The van der Waals surface area contributed by atoms with Crippen molar-refractivity contribution >= 4 is 11.7 Å². The predicted octanol–water partition coefficient (Wildman–Crippen LogP) is 2.00. The number of carbonyl (C=O) groups is 1. The Balaban J connectivity index is 1.56. The van der Waals surface area contributed by atoms with Gasteiger partial charge in [-0.1, -0.05) is 12.2 Å². The number of amides is 1. The monoisotopic (exact) mass is 301 g/mol. The first-order chi connectivity index (χ1) is 10.7. The second-order valence-corrected chi connectivity index (χ2v) is 6.16. The van der Waals surface area contributed by atoms with Gasteiger partial charge in [0.25, 0.3) is 5.91 Å². The molecule has 5 heteroatoms. The molecule has 1 N–H and O–H groups in total. The molecule has 22 heavy (non-hydrogen) atoms. The molecule has 5 nitrogen and oxygen atoms in total. The van der Waals surface area contributed by atoms with Crippen LogP contribution in [0.2, 0.25) is 0 Å². The Bertz CT molecular complexity index is 540. The highest BCUT2D eigenvalue weighted by Gasteiger charge is 2.41. The zero-order valence-electron chi connectivity index (χ0n) is 13.0. The molecule has 1 amide bonds. The molecule has 0 unspecified atom stereocenters. The van der Waals surface area contributed by atoms with Crippen LogP contribution < -0.4 is 10.2 Å². The van der Waals surface area contributed by atoms with Crippen molar-refractivity contribution < 1.29 is 9.53 Å². The van der Waals surface area contributed by atoms with E-state index < -0.39 is 0 Å². The van der Waals surface area contributed by atoms with Crippen LogP contribution in [-0.2, 0) is 4.74 Å². The van der Waals surface area contributed by atoms with Crippen LogP contribution in [0.25, 0.3) is 0 Å². The molecule has 3 heterocycles. The fourth-order valence-corrected chi connectivity index (χ4v) is 2.97. The number of allylic oxidation sites excluding steroid dienone is 1. The molecule has 3 rings (SSSR count). The summed E-state index contributed by atoms with van der Waals surface area (Å²) in [5.74, 6) is 0.876. The fourth-order valence-electron chi connectivity index (χ4n) is 2.97. The SMILES string of the molecule is C/C=C/CNC(=O)c1ccc(N2CCC3(CC2)COC3)nc1. The van der Waals surface area contributed by atoms with Gasteiger partial charge in [-0.05, 0) is 31.9 Å². The first-order valence-corrected chi connectivity index (χ1v) is 7.91. The van der Waals surface area contributed by atoms with Crippen molar-refractivity contribution in [2.45, 2.75) is 19.8 Å².